The number of terminal acetylenes is 1. The Morgan fingerprint density at radius 2 is 1.89 bits per heavy atom. The third-order valence-electron chi connectivity index (χ3n) is 5.04. The summed E-state index contributed by atoms with van der Waals surface area (Å²) in [5.74, 6) is 3.01. The van der Waals surface area contributed by atoms with Gasteiger partial charge in [0.1, 0.15) is 6.61 Å². The molecule has 1 aromatic heterocycles. The van der Waals surface area contributed by atoms with Crippen molar-refractivity contribution in [2.24, 2.45) is 5.10 Å². The largest absolute Gasteiger partial charge is 0.493 e. The first-order valence-corrected chi connectivity index (χ1v) is 10.3. The average Bonchev–Trinajstić information content (AvgIpc) is 2.86. The number of nitrogens with zero attached hydrogens (tertiary/aromatic N) is 3. The van der Waals surface area contributed by atoms with Crippen molar-refractivity contribution in [1.82, 2.24) is 9.66 Å². The molecule has 1 heterocycles. The molecule has 0 bridgehead atoms. The van der Waals surface area contributed by atoms with Gasteiger partial charge in [0.25, 0.3) is 5.56 Å². The quantitative estimate of drug-likeness (QED) is 0.290. The van der Waals surface area contributed by atoms with Gasteiger partial charge in [0.2, 0.25) is 0 Å². The number of ether oxygens (including phenoxy) is 2. The van der Waals surface area contributed by atoms with E-state index in [1.807, 2.05) is 0 Å². The first-order chi connectivity index (χ1) is 16.8. The third kappa shape index (κ3) is 4.87. The van der Waals surface area contributed by atoms with Gasteiger partial charge in [0, 0.05) is 11.1 Å². The minimum absolute atomic E-state index is 0.0336. The maximum absolute atomic E-state index is 13.3. The third-order valence-corrected chi connectivity index (χ3v) is 5.04. The number of hydrogen-bond donors (Lipinski definition) is 0. The number of rotatable bonds is 6. The van der Waals surface area contributed by atoms with E-state index in [4.69, 9.17) is 15.9 Å². The molecule has 0 amide bonds. The van der Waals surface area contributed by atoms with Crippen LogP contribution in [0.15, 0.2) is 76.6 Å². The molecule has 0 radical (unpaired) electrons. The summed E-state index contributed by atoms with van der Waals surface area (Å²) < 4.78 is 51.9. The molecule has 9 heteroatoms. The molecule has 35 heavy (non-hydrogen) atoms. The van der Waals surface area contributed by atoms with Gasteiger partial charge in [-0.1, -0.05) is 36.3 Å². The number of hydrogen-bond acceptors (Lipinski definition) is 5. The van der Waals surface area contributed by atoms with Crippen LogP contribution >= 0.6 is 0 Å². The van der Waals surface area contributed by atoms with Crippen molar-refractivity contribution >= 4 is 17.1 Å². The molecular weight excluding hydrogens is 459 g/mol. The van der Waals surface area contributed by atoms with Crippen LogP contribution in [0, 0.1) is 12.3 Å². The molecule has 0 saturated heterocycles. The van der Waals surface area contributed by atoms with E-state index >= 15 is 0 Å². The summed E-state index contributed by atoms with van der Waals surface area (Å²) in [6.45, 7) is -0.0336. The van der Waals surface area contributed by atoms with Crippen molar-refractivity contribution in [2.45, 2.75) is 6.18 Å². The molecule has 0 unspecified atom stereocenters. The van der Waals surface area contributed by atoms with Crippen LogP contribution in [-0.4, -0.2) is 29.6 Å². The molecule has 0 N–H and O–H groups in total. The van der Waals surface area contributed by atoms with E-state index in [1.165, 1.54) is 25.5 Å². The molecule has 4 aromatic rings. The van der Waals surface area contributed by atoms with Crippen LogP contribution in [0.25, 0.3) is 22.3 Å². The Bertz CT molecular complexity index is 1520. The minimum atomic E-state index is -4.56. The van der Waals surface area contributed by atoms with Crippen LogP contribution in [0.3, 0.4) is 0 Å². The maximum Gasteiger partial charge on any atom is 0.416 e. The summed E-state index contributed by atoms with van der Waals surface area (Å²) in [4.78, 5) is 17.8. The molecule has 0 aliphatic rings. The summed E-state index contributed by atoms with van der Waals surface area (Å²) in [5.41, 5.74) is -0.571. The second-order valence-corrected chi connectivity index (χ2v) is 7.26. The van der Waals surface area contributed by atoms with Crippen LogP contribution in [0.5, 0.6) is 11.5 Å². The minimum Gasteiger partial charge on any atom is -0.493 e. The summed E-state index contributed by atoms with van der Waals surface area (Å²) in [6.07, 6.45) is 2.07. The van der Waals surface area contributed by atoms with Crippen molar-refractivity contribution in [3.05, 3.63) is 88.2 Å². The summed E-state index contributed by atoms with van der Waals surface area (Å²) >= 11 is 0. The van der Waals surface area contributed by atoms with Crippen molar-refractivity contribution in [2.75, 3.05) is 13.7 Å². The molecule has 0 atom stereocenters. The van der Waals surface area contributed by atoms with E-state index in [2.05, 4.69) is 16.0 Å². The average molecular weight is 477 g/mol. The highest BCUT2D eigenvalue weighted by Crippen LogP contribution is 2.32. The second kappa shape index (κ2) is 9.73. The van der Waals surface area contributed by atoms with E-state index in [0.29, 0.717) is 22.6 Å². The summed E-state index contributed by atoms with van der Waals surface area (Å²) in [6, 6.07) is 16.1. The van der Waals surface area contributed by atoms with Gasteiger partial charge < -0.3 is 9.47 Å². The number of benzene rings is 3. The van der Waals surface area contributed by atoms with Gasteiger partial charge in [-0.05, 0) is 36.4 Å². The standard InChI is InChI=1S/C26H18F3N3O3/c1-3-14-35-23-18(9-7-13-22(23)34-2)16-30-32-24(17-8-6-10-19(15-17)26(27,28)29)31-21-12-5-4-11-20(21)25(32)33/h1,4-13,15-16H,14H2,2H3. The number of halogens is 3. The molecule has 0 saturated carbocycles. The van der Waals surface area contributed by atoms with E-state index in [-0.39, 0.29) is 23.4 Å². The van der Waals surface area contributed by atoms with E-state index < -0.39 is 17.3 Å². The molecule has 176 valence electrons. The molecule has 0 fully saturated rings. The molecule has 0 spiro atoms. The lowest BCUT2D eigenvalue weighted by molar-refractivity contribution is -0.137. The topological polar surface area (TPSA) is 65.7 Å². The van der Waals surface area contributed by atoms with Crippen LogP contribution in [0.4, 0.5) is 13.2 Å². The first-order valence-electron chi connectivity index (χ1n) is 10.3. The fraction of sp³-hybridized carbons (Fsp3) is 0.115. The number of para-hydroxylation sites is 2. The predicted molar refractivity (Wildman–Crippen MR) is 127 cm³/mol. The maximum atomic E-state index is 13.3. The molecule has 6 nitrogen and oxygen atoms in total. The number of fused-ring (bicyclic) bond motifs is 1. The van der Waals surface area contributed by atoms with Crippen molar-refractivity contribution < 1.29 is 22.6 Å². The van der Waals surface area contributed by atoms with Crippen molar-refractivity contribution in [3.63, 3.8) is 0 Å². The van der Waals surface area contributed by atoms with E-state index in [9.17, 15) is 18.0 Å². The highest BCUT2D eigenvalue weighted by Gasteiger charge is 2.31. The van der Waals surface area contributed by atoms with Crippen molar-refractivity contribution in [1.29, 1.82) is 0 Å². The lowest BCUT2D eigenvalue weighted by Gasteiger charge is -2.13. The fourth-order valence-corrected chi connectivity index (χ4v) is 3.44. The zero-order chi connectivity index (χ0) is 25.0. The highest BCUT2D eigenvalue weighted by atomic mass is 19.4. The normalized spacial score (nSPS) is 11.5. The van der Waals surface area contributed by atoms with Gasteiger partial charge >= 0.3 is 6.18 Å². The Morgan fingerprint density at radius 3 is 2.63 bits per heavy atom. The van der Waals surface area contributed by atoms with E-state index in [0.717, 1.165) is 16.8 Å². The predicted octanol–water partition coefficient (Wildman–Crippen LogP) is 4.99. The van der Waals surface area contributed by atoms with Crippen LogP contribution in [0.2, 0.25) is 0 Å². The highest BCUT2D eigenvalue weighted by molar-refractivity contribution is 5.86. The van der Waals surface area contributed by atoms with Crippen LogP contribution in [0.1, 0.15) is 11.1 Å². The van der Waals surface area contributed by atoms with Gasteiger partial charge in [-0.25, -0.2) is 4.98 Å². The van der Waals surface area contributed by atoms with Gasteiger partial charge in [-0.15, -0.1) is 6.42 Å². The SMILES string of the molecule is C#CCOc1c(C=Nn2c(-c3cccc(C(F)(F)F)c3)nc3ccccc3c2=O)cccc1OC. The molecule has 4 rings (SSSR count). The summed E-state index contributed by atoms with van der Waals surface area (Å²) in [7, 11) is 1.46. The van der Waals surface area contributed by atoms with Gasteiger partial charge in [0.15, 0.2) is 17.3 Å². The number of alkyl halides is 3. The number of aromatic nitrogens is 2. The Labute approximate surface area is 198 Å². The molecule has 0 aliphatic heterocycles. The van der Waals surface area contributed by atoms with Gasteiger partial charge in [-0.2, -0.15) is 22.9 Å². The monoisotopic (exact) mass is 477 g/mol. The Kier molecular flexibility index (Phi) is 6.55. The second-order valence-electron chi connectivity index (χ2n) is 7.26. The zero-order valence-electron chi connectivity index (χ0n) is 18.4. The smallest absolute Gasteiger partial charge is 0.416 e. The lowest BCUT2D eigenvalue weighted by atomic mass is 10.1. The van der Waals surface area contributed by atoms with Crippen LogP contribution < -0.4 is 15.0 Å². The lowest BCUT2D eigenvalue weighted by Crippen LogP contribution is -2.20. The van der Waals surface area contributed by atoms with Gasteiger partial charge in [0.05, 0.1) is 29.8 Å². The Hall–Kier alpha value is -4.58. The Balaban J connectivity index is 1.92. The molecule has 0 aliphatic carbocycles. The van der Waals surface area contributed by atoms with Crippen molar-refractivity contribution in [3.8, 4) is 35.2 Å². The van der Waals surface area contributed by atoms with Gasteiger partial charge in [-0.3, -0.25) is 4.79 Å². The summed E-state index contributed by atoms with van der Waals surface area (Å²) in [5, 5.41) is 4.55. The Morgan fingerprint density at radius 1 is 1.11 bits per heavy atom. The van der Waals surface area contributed by atoms with E-state index in [1.54, 1.807) is 42.5 Å². The van der Waals surface area contributed by atoms with Crippen LogP contribution in [-0.2, 0) is 6.18 Å². The first kappa shape index (κ1) is 23.6. The number of methoxy groups -OCH3 is 1. The molecule has 3 aromatic carbocycles. The fourth-order valence-electron chi connectivity index (χ4n) is 3.44. The zero-order valence-corrected chi connectivity index (χ0v) is 18.4. The molecular formula is C26H18F3N3O3.